The number of benzene rings is 1. The van der Waals surface area contributed by atoms with Crippen LogP contribution in [0.2, 0.25) is 5.02 Å². The molecule has 1 aliphatic rings. The molecular formula is C14H21ClN2. The Bertz CT molecular complexity index is 359. The highest BCUT2D eigenvalue weighted by Crippen LogP contribution is 2.19. The molecule has 3 heteroatoms. The van der Waals surface area contributed by atoms with Gasteiger partial charge in [-0.25, -0.2) is 0 Å². The zero-order valence-corrected chi connectivity index (χ0v) is 11.4. The van der Waals surface area contributed by atoms with Gasteiger partial charge in [-0.3, -0.25) is 0 Å². The molecule has 1 aromatic carbocycles. The lowest BCUT2D eigenvalue weighted by molar-refractivity contribution is 0.226. The van der Waals surface area contributed by atoms with E-state index in [2.05, 4.69) is 30.3 Å². The first-order chi connectivity index (χ1) is 8.15. The van der Waals surface area contributed by atoms with Gasteiger partial charge < -0.3 is 10.2 Å². The average molecular weight is 253 g/mol. The van der Waals surface area contributed by atoms with Crippen molar-refractivity contribution in [1.29, 1.82) is 0 Å². The molecule has 2 rings (SSSR count). The molecule has 2 nitrogen and oxygen atoms in total. The number of likely N-dealkylation sites (tertiary alicyclic amines) is 1. The molecule has 0 bridgehead atoms. The van der Waals surface area contributed by atoms with Crippen LogP contribution in [0.25, 0.3) is 0 Å². The van der Waals surface area contributed by atoms with Gasteiger partial charge >= 0.3 is 0 Å². The fourth-order valence-corrected chi connectivity index (χ4v) is 2.60. The molecule has 1 fully saturated rings. The minimum Gasteiger partial charge on any atom is -0.307 e. The van der Waals surface area contributed by atoms with Crippen LogP contribution in [0, 0.1) is 0 Å². The van der Waals surface area contributed by atoms with E-state index in [0.29, 0.717) is 12.1 Å². The number of nitrogens with zero attached hydrogens (tertiary/aromatic N) is 1. The molecule has 1 atom stereocenters. The first-order valence-electron chi connectivity index (χ1n) is 6.35. The van der Waals surface area contributed by atoms with E-state index in [1.807, 2.05) is 18.2 Å². The van der Waals surface area contributed by atoms with Crippen molar-refractivity contribution >= 4 is 11.6 Å². The summed E-state index contributed by atoms with van der Waals surface area (Å²) in [4.78, 5) is 2.39. The summed E-state index contributed by atoms with van der Waals surface area (Å²) in [5.41, 5.74) is 1.27. The van der Waals surface area contributed by atoms with E-state index in [4.69, 9.17) is 11.6 Å². The lowest BCUT2D eigenvalue weighted by Gasteiger charge is -2.31. The van der Waals surface area contributed by atoms with Gasteiger partial charge in [-0.05, 0) is 57.6 Å². The molecule has 0 spiro atoms. The fraction of sp³-hybridized carbons (Fsp3) is 0.571. The Morgan fingerprint density at radius 3 is 2.71 bits per heavy atom. The zero-order valence-electron chi connectivity index (χ0n) is 10.6. The minimum atomic E-state index is 0.377. The van der Waals surface area contributed by atoms with Crippen LogP contribution < -0.4 is 5.32 Å². The van der Waals surface area contributed by atoms with Crippen LogP contribution in [0.5, 0.6) is 0 Å². The number of rotatable bonds is 3. The molecular weight excluding hydrogens is 232 g/mol. The maximum absolute atomic E-state index is 6.02. The Morgan fingerprint density at radius 1 is 1.35 bits per heavy atom. The summed E-state index contributed by atoms with van der Waals surface area (Å²) in [5.74, 6) is 0. The van der Waals surface area contributed by atoms with Crippen molar-refractivity contribution in [2.75, 3.05) is 20.1 Å². The molecule has 0 saturated carbocycles. The zero-order chi connectivity index (χ0) is 12.3. The van der Waals surface area contributed by atoms with Crippen LogP contribution in [-0.4, -0.2) is 31.1 Å². The number of hydrogen-bond donors (Lipinski definition) is 1. The molecule has 1 saturated heterocycles. The van der Waals surface area contributed by atoms with Crippen molar-refractivity contribution < 1.29 is 0 Å². The standard InChI is InChI=1S/C14H21ClN2/c1-11(12-4-3-5-13(15)10-12)16-14-6-8-17(2)9-7-14/h3-5,10-11,14,16H,6-9H2,1-2H3/t11-/m0/s1. The first kappa shape index (κ1) is 12.9. The third-order valence-corrected chi connectivity index (χ3v) is 3.79. The molecule has 1 heterocycles. The minimum absolute atomic E-state index is 0.377. The second kappa shape index (κ2) is 5.85. The van der Waals surface area contributed by atoms with Crippen LogP contribution in [0.1, 0.15) is 31.4 Å². The number of piperidine rings is 1. The van der Waals surface area contributed by atoms with Gasteiger partial charge in [0.05, 0.1) is 0 Å². The normalized spacial score (nSPS) is 20.4. The highest BCUT2D eigenvalue weighted by molar-refractivity contribution is 6.30. The summed E-state index contributed by atoms with van der Waals surface area (Å²) in [6, 6.07) is 9.15. The lowest BCUT2D eigenvalue weighted by atomic mass is 10.0. The van der Waals surface area contributed by atoms with Gasteiger partial charge in [0.25, 0.3) is 0 Å². The smallest absolute Gasteiger partial charge is 0.0409 e. The average Bonchev–Trinajstić information content (AvgIpc) is 2.32. The third kappa shape index (κ3) is 3.70. The molecule has 1 aromatic rings. The Kier molecular flexibility index (Phi) is 4.43. The van der Waals surface area contributed by atoms with Crippen molar-refractivity contribution in [3.63, 3.8) is 0 Å². The van der Waals surface area contributed by atoms with E-state index in [0.717, 1.165) is 5.02 Å². The fourth-order valence-electron chi connectivity index (χ4n) is 2.40. The van der Waals surface area contributed by atoms with Crippen molar-refractivity contribution in [2.45, 2.75) is 31.8 Å². The van der Waals surface area contributed by atoms with Gasteiger partial charge in [0.1, 0.15) is 0 Å². The molecule has 1 aliphatic heterocycles. The van der Waals surface area contributed by atoms with E-state index < -0.39 is 0 Å². The molecule has 0 amide bonds. The van der Waals surface area contributed by atoms with E-state index >= 15 is 0 Å². The lowest BCUT2D eigenvalue weighted by Crippen LogP contribution is -2.41. The van der Waals surface area contributed by atoms with Crippen molar-refractivity contribution in [3.05, 3.63) is 34.9 Å². The van der Waals surface area contributed by atoms with E-state index in [1.54, 1.807) is 0 Å². The molecule has 0 aromatic heterocycles. The topological polar surface area (TPSA) is 15.3 Å². The van der Waals surface area contributed by atoms with Gasteiger partial charge in [0, 0.05) is 17.1 Å². The van der Waals surface area contributed by atoms with Crippen LogP contribution in [0.4, 0.5) is 0 Å². The number of hydrogen-bond acceptors (Lipinski definition) is 2. The van der Waals surface area contributed by atoms with Gasteiger partial charge in [0.2, 0.25) is 0 Å². The van der Waals surface area contributed by atoms with Crippen LogP contribution in [-0.2, 0) is 0 Å². The summed E-state index contributed by atoms with van der Waals surface area (Å²) in [5, 5.41) is 4.52. The van der Waals surface area contributed by atoms with Crippen LogP contribution in [0.15, 0.2) is 24.3 Å². The van der Waals surface area contributed by atoms with Gasteiger partial charge in [0.15, 0.2) is 0 Å². The SMILES string of the molecule is C[C@H](NC1CCN(C)CC1)c1cccc(Cl)c1. The molecule has 0 unspecified atom stereocenters. The molecule has 0 aliphatic carbocycles. The predicted molar refractivity (Wildman–Crippen MR) is 73.5 cm³/mol. The van der Waals surface area contributed by atoms with Crippen LogP contribution in [0.3, 0.4) is 0 Å². The van der Waals surface area contributed by atoms with Crippen LogP contribution >= 0.6 is 11.6 Å². The van der Waals surface area contributed by atoms with E-state index in [9.17, 15) is 0 Å². The quantitative estimate of drug-likeness (QED) is 0.890. The molecule has 17 heavy (non-hydrogen) atoms. The predicted octanol–water partition coefficient (Wildman–Crippen LogP) is 3.08. The van der Waals surface area contributed by atoms with Crippen molar-refractivity contribution in [3.8, 4) is 0 Å². The summed E-state index contributed by atoms with van der Waals surface area (Å²) in [7, 11) is 2.19. The summed E-state index contributed by atoms with van der Waals surface area (Å²) >= 11 is 6.02. The second-order valence-electron chi connectivity index (χ2n) is 5.02. The summed E-state index contributed by atoms with van der Waals surface area (Å²) in [6.07, 6.45) is 2.48. The van der Waals surface area contributed by atoms with E-state index in [1.165, 1.54) is 31.5 Å². The Hall–Kier alpha value is -0.570. The number of nitrogens with one attached hydrogen (secondary N) is 1. The molecule has 94 valence electrons. The van der Waals surface area contributed by atoms with Gasteiger partial charge in [-0.2, -0.15) is 0 Å². The third-order valence-electron chi connectivity index (χ3n) is 3.55. The molecule has 1 N–H and O–H groups in total. The number of halogens is 1. The largest absolute Gasteiger partial charge is 0.307 e. The summed E-state index contributed by atoms with van der Waals surface area (Å²) < 4.78 is 0. The summed E-state index contributed by atoms with van der Waals surface area (Å²) in [6.45, 7) is 4.60. The maximum Gasteiger partial charge on any atom is 0.0409 e. The van der Waals surface area contributed by atoms with E-state index in [-0.39, 0.29) is 0 Å². The highest BCUT2D eigenvalue weighted by Gasteiger charge is 2.18. The highest BCUT2D eigenvalue weighted by atomic mass is 35.5. The van der Waals surface area contributed by atoms with Gasteiger partial charge in [-0.1, -0.05) is 23.7 Å². The molecule has 0 radical (unpaired) electrons. The first-order valence-corrected chi connectivity index (χ1v) is 6.73. The Morgan fingerprint density at radius 2 is 2.06 bits per heavy atom. The Labute approximate surface area is 109 Å². The van der Waals surface area contributed by atoms with Gasteiger partial charge in [-0.15, -0.1) is 0 Å². The maximum atomic E-state index is 6.02. The van der Waals surface area contributed by atoms with Crippen molar-refractivity contribution in [2.24, 2.45) is 0 Å². The second-order valence-corrected chi connectivity index (χ2v) is 5.46. The Balaban J connectivity index is 1.90. The van der Waals surface area contributed by atoms with Crippen molar-refractivity contribution in [1.82, 2.24) is 10.2 Å². The monoisotopic (exact) mass is 252 g/mol.